The van der Waals surface area contributed by atoms with Crippen molar-refractivity contribution >= 4 is 43.1 Å². The van der Waals surface area contributed by atoms with Crippen LogP contribution in [0.4, 0.5) is 0 Å². The van der Waals surface area contributed by atoms with E-state index in [1.54, 1.807) is 0 Å². The molecule has 0 unspecified atom stereocenters. The van der Waals surface area contributed by atoms with E-state index in [0.29, 0.717) is 0 Å². The second-order valence-electron chi connectivity index (χ2n) is 8.63. The standard InChI is InChI=1S/C32H20N2/c1-4-12-25-21(9-1)19-23-15-16-26-27(30(23)32(25)29-14-6-8-18-34-29)20-22-10-2-3-11-24(22)31(26)28-13-5-7-17-33-28/h1-20H. The Morgan fingerprint density at radius 3 is 1.65 bits per heavy atom. The number of hydrogen-bond acceptors (Lipinski definition) is 2. The van der Waals surface area contributed by atoms with Crippen LogP contribution in [0.25, 0.3) is 65.6 Å². The first-order chi connectivity index (χ1) is 16.9. The molecule has 5 aromatic carbocycles. The normalized spacial score (nSPS) is 11.5. The Morgan fingerprint density at radius 2 is 0.971 bits per heavy atom. The molecule has 2 heteroatoms. The van der Waals surface area contributed by atoms with Gasteiger partial charge in [-0.3, -0.25) is 9.97 Å². The fraction of sp³-hybridized carbons (Fsp3) is 0. The third-order valence-electron chi connectivity index (χ3n) is 6.71. The van der Waals surface area contributed by atoms with Crippen LogP contribution in [0.5, 0.6) is 0 Å². The second kappa shape index (κ2) is 7.50. The lowest BCUT2D eigenvalue weighted by atomic mass is 9.87. The lowest BCUT2D eigenvalue weighted by Gasteiger charge is -2.17. The first-order valence-corrected chi connectivity index (χ1v) is 11.5. The highest BCUT2D eigenvalue weighted by Crippen LogP contribution is 2.43. The Bertz CT molecular complexity index is 1840. The molecule has 0 aliphatic heterocycles. The smallest absolute Gasteiger partial charge is 0.0714 e. The SMILES string of the molecule is c1ccc(-c2c3ccccc3cc3c2ccc2cc4ccccc4c(-c4ccccn4)c23)nc1. The summed E-state index contributed by atoms with van der Waals surface area (Å²) >= 11 is 0. The van der Waals surface area contributed by atoms with Crippen LogP contribution in [0.15, 0.2) is 122 Å². The molecular weight excluding hydrogens is 412 g/mol. The van der Waals surface area contributed by atoms with E-state index in [9.17, 15) is 0 Å². The minimum absolute atomic E-state index is 0.990. The fourth-order valence-electron chi connectivity index (χ4n) is 5.27. The van der Waals surface area contributed by atoms with Crippen LogP contribution < -0.4 is 0 Å². The number of hydrogen-bond donors (Lipinski definition) is 0. The summed E-state index contributed by atoms with van der Waals surface area (Å²) in [5.41, 5.74) is 4.34. The van der Waals surface area contributed by atoms with Gasteiger partial charge in [0.05, 0.1) is 11.4 Å². The molecule has 2 aromatic heterocycles. The zero-order valence-electron chi connectivity index (χ0n) is 18.4. The number of benzene rings is 5. The summed E-state index contributed by atoms with van der Waals surface area (Å²) in [6.45, 7) is 0. The Balaban J connectivity index is 1.75. The average Bonchev–Trinajstić information content (AvgIpc) is 2.91. The van der Waals surface area contributed by atoms with E-state index in [-0.39, 0.29) is 0 Å². The molecule has 2 nitrogen and oxygen atoms in total. The summed E-state index contributed by atoms with van der Waals surface area (Å²) in [6, 6.07) is 38.6. The quantitative estimate of drug-likeness (QED) is 0.202. The molecule has 158 valence electrons. The molecule has 0 saturated carbocycles. The van der Waals surface area contributed by atoms with Crippen LogP contribution in [0, 0.1) is 0 Å². The van der Waals surface area contributed by atoms with Crippen LogP contribution in [0.3, 0.4) is 0 Å². The highest BCUT2D eigenvalue weighted by atomic mass is 14.7. The number of rotatable bonds is 2. The van der Waals surface area contributed by atoms with Crippen molar-refractivity contribution in [1.82, 2.24) is 9.97 Å². The molecule has 0 aliphatic rings. The zero-order chi connectivity index (χ0) is 22.5. The van der Waals surface area contributed by atoms with Gasteiger partial charge < -0.3 is 0 Å². The molecule has 0 amide bonds. The molecule has 0 spiro atoms. The predicted octanol–water partition coefficient (Wildman–Crippen LogP) is 8.42. The van der Waals surface area contributed by atoms with Gasteiger partial charge in [-0.05, 0) is 79.5 Å². The first-order valence-electron chi connectivity index (χ1n) is 11.5. The number of pyridine rings is 2. The molecule has 7 rings (SSSR count). The maximum absolute atomic E-state index is 4.79. The Hall–Kier alpha value is -4.56. The van der Waals surface area contributed by atoms with Crippen LogP contribution >= 0.6 is 0 Å². The number of nitrogens with zero attached hydrogens (tertiary/aromatic N) is 2. The molecule has 0 N–H and O–H groups in total. The second-order valence-corrected chi connectivity index (χ2v) is 8.63. The van der Waals surface area contributed by atoms with Gasteiger partial charge in [-0.25, -0.2) is 0 Å². The predicted molar refractivity (Wildman–Crippen MR) is 143 cm³/mol. The molecule has 0 fully saturated rings. The third kappa shape index (κ3) is 2.82. The average molecular weight is 433 g/mol. The molecule has 34 heavy (non-hydrogen) atoms. The van der Waals surface area contributed by atoms with Crippen LogP contribution in [-0.2, 0) is 0 Å². The highest BCUT2D eigenvalue weighted by molar-refractivity contribution is 6.26. The lowest BCUT2D eigenvalue weighted by molar-refractivity contribution is 1.34. The van der Waals surface area contributed by atoms with Crippen molar-refractivity contribution in [2.75, 3.05) is 0 Å². The van der Waals surface area contributed by atoms with Crippen molar-refractivity contribution in [3.05, 3.63) is 122 Å². The van der Waals surface area contributed by atoms with E-state index in [1.807, 2.05) is 24.5 Å². The van der Waals surface area contributed by atoms with Gasteiger partial charge in [0.15, 0.2) is 0 Å². The summed E-state index contributed by atoms with van der Waals surface area (Å²) in [6.07, 6.45) is 3.75. The fourth-order valence-corrected chi connectivity index (χ4v) is 5.27. The number of fused-ring (bicyclic) bond motifs is 5. The molecule has 2 heterocycles. The van der Waals surface area contributed by atoms with Gasteiger partial charge in [0.25, 0.3) is 0 Å². The number of aromatic nitrogens is 2. The van der Waals surface area contributed by atoms with Crippen molar-refractivity contribution in [2.45, 2.75) is 0 Å². The summed E-state index contributed by atoms with van der Waals surface area (Å²) in [4.78, 5) is 9.53. The molecule has 0 bridgehead atoms. The largest absolute Gasteiger partial charge is 0.256 e. The van der Waals surface area contributed by atoms with E-state index in [0.717, 1.165) is 11.4 Å². The van der Waals surface area contributed by atoms with Gasteiger partial charge in [0.1, 0.15) is 0 Å². The summed E-state index contributed by atoms with van der Waals surface area (Å²) in [5.74, 6) is 0. The van der Waals surface area contributed by atoms with Gasteiger partial charge >= 0.3 is 0 Å². The van der Waals surface area contributed by atoms with Crippen molar-refractivity contribution in [2.24, 2.45) is 0 Å². The first kappa shape index (κ1) is 19.0. The van der Waals surface area contributed by atoms with E-state index in [2.05, 4.69) is 97.1 Å². The van der Waals surface area contributed by atoms with Crippen LogP contribution in [0.2, 0.25) is 0 Å². The van der Waals surface area contributed by atoms with Gasteiger partial charge in [0, 0.05) is 23.5 Å². The Kier molecular flexibility index (Phi) is 4.18. The Morgan fingerprint density at radius 1 is 0.382 bits per heavy atom. The van der Waals surface area contributed by atoms with Crippen LogP contribution in [-0.4, -0.2) is 9.97 Å². The molecular formula is C32H20N2. The molecule has 0 atom stereocenters. The minimum atomic E-state index is 0.990. The Labute approximate surface area is 197 Å². The topological polar surface area (TPSA) is 25.8 Å². The maximum atomic E-state index is 4.79. The van der Waals surface area contributed by atoms with E-state index in [4.69, 9.17) is 9.97 Å². The summed E-state index contributed by atoms with van der Waals surface area (Å²) in [5, 5.41) is 9.75. The monoisotopic (exact) mass is 432 g/mol. The molecule has 0 radical (unpaired) electrons. The van der Waals surface area contributed by atoms with E-state index in [1.165, 1.54) is 54.2 Å². The van der Waals surface area contributed by atoms with Crippen molar-refractivity contribution in [3.63, 3.8) is 0 Å². The molecule has 0 aliphatic carbocycles. The molecule has 0 saturated heterocycles. The minimum Gasteiger partial charge on any atom is -0.256 e. The van der Waals surface area contributed by atoms with Crippen LogP contribution in [0.1, 0.15) is 0 Å². The van der Waals surface area contributed by atoms with Crippen molar-refractivity contribution in [1.29, 1.82) is 0 Å². The third-order valence-corrected chi connectivity index (χ3v) is 6.71. The molecule has 7 aromatic rings. The van der Waals surface area contributed by atoms with E-state index < -0.39 is 0 Å². The van der Waals surface area contributed by atoms with Gasteiger partial charge in [0.2, 0.25) is 0 Å². The van der Waals surface area contributed by atoms with Crippen molar-refractivity contribution in [3.8, 4) is 22.5 Å². The van der Waals surface area contributed by atoms with Crippen molar-refractivity contribution < 1.29 is 0 Å². The van der Waals surface area contributed by atoms with Gasteiger partial charge in [-0.2, -0.15) is 0 Å². The zero-order valence-corrected chi connectivity index (χ0v) is 18.4. The lowest BCUT2D eigenvalue weighted by Crippen LogP contribution is -1.92. The maximum Gasteiger partial charge on any atom is 0.0714 e. The summed E-state index contributed by atoms with van der Waals surface area (Å²) < 4.78 is 0. The summed E-state index contributed by atoms with van der Waals surface area (Å²) in [7, 11) is 0. The van der Waals surface area contributed by atoms with E-state index >= 15 is 0 Å². The van der Waals surface area contributed by atoms with Gasteiger partial charge in [-0.15, -0.1) is 0 Å². The highest BCUT2D eigenvalue weighted by Gasteiger charge is 2.17. The van der Waals surface area contributed by atoms with Gasteiger partial charge in [-0.1, -0.05) is 72.8 Å².